The summed E-state index contributed by atoms with van der Waals surface area (Å²) in [7, 11) is 1.59. The number of likely N-dealkylation sites (N-methyl/N-ethyl adjacent to an activating group) is 1. The van der Waals surface area contributed by atoms with Crippen LogP contribution < -0.4 is 5.32 Å². The largest absolute Gasteiger partial charge is 0.472 e. The van der Waals surface area contributed by atoms with E-state index in [2.05, 4.69) is 31.3 Å². The molecule has 0 heterocycles. The average Bonchev–Trinajstić information content (AvgIpc) is 3.39. The van der Waals surface area contributed by atoms with Crippen LogP contribution in [0.3, 0.4) is 0 Å². The number of phosphoric acid groups is 1. The molecule has 458 valence electrons. The molecule has 0 saturated heterocycles. The molecule has 0 radical (unpaired) electrons. The third-order valence-electron chi connectivity index (χ3n) is 15.9. The number of carbonyl (C=O) groups is 1. The van der Waals surface area contributed by atoms with Gasteiger partial charge in [0.25, 0.3) is 0 Å². The number of nitrogens with one attached hydrogen (secondary N) is 1. The molecule has 3 atom stereocenters. The number of phosphoric ester groups is 1. The van der Waals surface area contributed by atoms with Crippen molar-refractivity contribution >= 4 is 13.7 Å². The van der Waals surface area contributed by atoms with Gasteiger partial charge < -0.3 is 19.8 Å². The van der Waals surface area contributed by atoms with Crippen LogP contribution in [0.5, 0.6) is 0 Å². The van der Waals surface area contributed by atoms with Gasteiger partial charge >= 0.3 is 7.82 Å². The van der Waals surface area contributed by atoms with Gasteiger partial charge in [0.1, 0.15) is 13.2 Å². The average molecular weight is 1110 g/mol. The van der Waals surface area contributed by atoms with Crippen molar-refractivity contribution in [3.05, 3.63) is 24.3 Å². The molecule has 0 aliphatic carbocycles. The molecular weight excluding hydrogens is 972 g/mol. The van der Waals surface area contributed by atoms with E-state index in [-0.39, 0.29) is 19.1 Å². The summed E-state index contributed by atoms with van der Waals surface area (Å²) in [6.45, 7) is 4.88. The van der Waals surface area contributed by atoms with Gasteiger partial charge in [-0.25, -0.2) is 4.57 Å². The predicted octanol–water partition coefficient (Wildman–Crippen LogP) is 21.5. The highest BCUT2D eigenvalue weighted by atomic mass is 31.2. The van der Waals surface area contributed by atoms with E-state index < -0.39 is 20.0 Å². The van der Waals surface area contributed by atoms with Gasteiger partial charge in [0, 0.05) is 6.42 Å². The molecule has 0 fully saturated rings. The van der Waals surface area contributed by atoms with E-state index in [1.54, 1.807) is 6.08 Å². The maximum atomic E-state index is 13.0. The molecular formula is C68H136N2O6P+. The van der Waals surface area contributed by atoms with Crippen molar-refractivity contribution in [3.63, 3.8) is 0 Å². The maximum Gasteiger partial charge on any atom is 0.472 e. The number of aliphatic hydroxyl groups is 1. The van der Waals surface area contributed by atoms with Gasteiger partial charge in [-0.05, 0) is 44.9 Å². The second-order valence-corrected chi connectivity index (χ2v) is 26.4. The van der Waals surface area contributed by atoms with E-state index in [4.69, 9.17) is 9.05 Å². The van der Waals surface area contributed by atoms with E-state index in [0.717, 1.165) is 32.1 Å². The van der Waals surface area contributed by atoms with Crippen LogP contribution in [0, 0.1) is 0 Å². The number of rotatable bonds is 64. The van der Waals surface area contributed by atoms with Crippen LogP contribution in [0.15, 0.2) is 24.3 Å². The fourth-order valence-corrected chi connectivity index (χ4v) is 11.3. The number of nitrogens with zero attached hydrogens (tertiary/aromatic N) is 1. The van der Waals surface area contributed by atoms with Crippen molar-refractivity contribution in [2.75, 3.05) is 40.9 Å². The molecule has 0 aliphatic rings. The molecule has 0 bridgehead atoms. The first kappa shape index (κ1) is 76.0. The Morgan fingerprint density at radius 2 is 0.701 bits per heavy atom. The monoisotopic (exact) mass is 1110 g/mol. The first-order valence-corrected chi connectivity index (χ1v) is 35.7. The molecule has 0 rings (SSSR count). The van der Waals surface area contributed by atoms with Gasteiger partial charge in [-0.3, -0.25) is 13.8 Å². The minimum absolute atomic E-state index is 0.0638. The summed E-state index contributed by atoms with van der Waals surface area (Å²) in [5, 5.41) is 14.0. The Balaban J connectivity index is 4.06. The van der Waals surface area contributed by atoms with Crippen molar-refractivity contribution in [1.29, 1.82) is 0 Å². The molecule has 1 amide bonds. The number of quaternary nitrogens is 1. The molecule has 3 unspecified atom stereocenters. The lowest BCUT2D eigenvalue weighted by atomic mass is 10.0. The van der Waals surface area contributed by atoms with Gasteiger partial charge in [0.15, 0.2) is 0 Å². The van der Waals surface area contributed by atoms with E-state index in [0.29, 0.717) is 17.4 Å². The predicted molar refractivity (Wildman–Crippen MR) is 337 cm³/mol. The van der Waals surface area contributed by atoms with Crippen LogP contribution in [-0.4, -0.2) is 73.4 Å². The van der Waals surface area contributed by atoms with Gasteiger partial charge in [-0.2, -0.15) is 0 Å². The van der Waals surface area contributed by atoms with Crippen molar-refractivity contribution in [2.24, 2.45) is 0 Å². The summed E-state index contributed by atoms with van der Waals surface area (Å²) in [6.07, 6.45) is 77.5. The lowest BCUT2D eigenvalue weighted by Crippen LogP contribution is -2.45. The molecule has 8 nitrogen and oxygen atoms in total. The zero-order chi connectivity index (χ0) is 56.3. The molecule has 77 heavy (non-hydrogen) atoms. The fraction of sp³-hybridized carbons (Fsp3) is 0.926. The van der Waals surface area contributed by atoms with Crippen molar-refractivity contribution < 1.29 is 32.9 Å². The Labute approximate surface area is 481 Å². The number of carbonyl (C=O) groups excluding carboxylic acids is 1. The lowest BCUT2D eigenvalue weighted by molar-refractivity contribution is -0.870. The molecule has 0 saturated carbocycles. The van der Waals surface area contributed by atoms with Crippen LogP contribution in [-0.2, 0) is 18.4 Å². The highest BCUT2D eigenvalue weighted by molar-refractivity contribution is 7.47. The summed E-state index contributed by atoms with van der Waals surface area (Å²) in [4.78, 5) is 23.4. The topological polar surface area (TPSA) is 105 Å². The molecule has 0 aliphatic heterocycles. The highest BCUT2D eigenvalue weighted by Gasteiger charge is 2.28. The number of allylic oxidation sites excluding steroid dienone is 3. The molecule has 0 spiro atoms. The van der Waals surface area contributed by atoms with Crippen LogP contribution in [0.2, 0.25) is 0 Å². The standard InChI is InChI=1S/C68H135N2O6P/c1-6-8-10-12-14-16-18-20-22-24-26-28-30-32-33-34-35-36-38-39-41-43-45-47-49-51-53-55-57-59-61-67(71)66(65-76-77(73,74)75-64-63-70(3,4)5)69-68(72)62-60-58-56-54-52-50-48-46-44-42-40-37-31-29-27-25-23-21-19-17-15-13-11-9-7-2/h25,27,59,61,66-67,71H,6-24,26,28-58,60,62-65H2,1-5H3,(H-,69,72,73,74)/p+1/b27-25-,61-59+. The van der Waals surface area contributed by atoms with Gasteiger partial charge in [-0.15, -0.1) is 0 Å². The fourth-order valence-electron chi connectivity index (χ4n) is 10.6. The summed E-state index contributed by atoms with van der Waals surface area (Å²) >= 11 is 0. The maximum absolute atomic E-state index is 13.0. The second kappa shape index (κ2) is 59.6. The Kier molecular flexibility index (Phi) is 58.8. The number of hydrogen-bond acceptors (Lipinski definition) is 5. The number of hydrogen-bond donors (Lipinski definition) is 3. The smallest absolute Gasteiger partial charge is 0.387 e. The van der Waals surface area contributed by atoms with Crippen molar-refractivity contribution in [2.45, 2.75) is 366 Å². The third kappa shape index (κ3) is 62.4. The van der Waals surface area contributed by atoms with Crippen molar-refractivity contribution in [1.82, 2.24) is 5.32 Å². The van der Waals surface area contributed by atoms with Crippen LogP contribution in [0.4, 0.5) is 0 Å². The summed E-state index contributed by atoms with van der Waals surface area (Å²) in [6, 6.07) is -0.846. The lowest BCUT2D eigenvalue weighted by Gasteiger charge is -2.25. The van der Waals surface area contributed by atoms with E-state index in [9.17, 15) is 19.4 Å². The van der Waals surface area contributed by atoms with Gasteiger partial charge in [0.05, 0.1) is 39.9 Å². The summed E-state index contributed by atoms with van der Waals surface area (Å²) < 4.78 is 23.8. The van der Waals surface area contributed by atoms with E-state index in [1.165, 1.54) is 302 Å². The number of unbranched alkanes of at least 4 members (excludes halogenated alkanes) is 49. The second-order valence-electron chi connectivity index (χ2n) is 24.9. The zero-order valence-electron chi connectivity index (χ0n) is 52.5. The van der Waals surface area contributed by atoms with E-state index >= 15 is 0 Å². The first-order valence-electron chi connectivity index (χ1n) is 34.2. The molecule has 9 heteroatoms. The van der Waals surface area contributed by atoms with Gasteiger partial charge in [-0.1, -0.05) is 327 Å². The van der Waals surface area contributed by atoms with Gasteiger partial charge in [0.2, 0.25) is 5.91 Å². The summed E-state index contributed by atoms with van der Waals surface area (Å²) in [5.74, 6) is -0.170. The Morgan fingerprint density at radius 3 is 1.00 bits per heavy atom. The van der Waals surface area contributed by atoms with Crippen molar-refractivity contribution in [3.8, 4) is 0 Å². The minimum atomic E-state index is -4.35. The Morgan fingerprint density at radius 1 is 0.429 bits per heavy atom. The molecule has 0 aromatic rings. The molecule has 0 aromatic carbocycles. The van der Waals surface area contributed by atoms with E-state index in [1.807, 2.05) is 27.2 Å². The molecule has 0 aromatic heterocycles. The highest BCUT2D eigenvalue weighted by Crippen LogP contribution is 2.43. The number of amides is 1. The molecule has 3 N–H and O–H groups in total. The Hall–Kier alpha value is -1.02. The quantitative estimate of drug-likeness (QED) is 0.0243. The zero-order valence-corrected chi connectivity index (χ0v) is 53.4. The van der Waals surface area contributed by atoms with Crippen LogP contribution in [0.25, 0.3) is 0 Å². The normalized spacial score (nSPS) is 13.8. The SMILES string of the molecule is CCCCCCCCCC/C=C\CCCCCCCCCCCCCCCC(=O)NC(COP(=O)(O)OCC[N+](C)(C)C)C(O)/C=C/CCCCCCCCCCCCCCCCCCCCCCCCCCCCCC. The van der Waals surface area contributed by atoms with Crippen LogP contribution in [0.1, 0.15) is 354 Å². The third-order valence-corrected chi connectivity index (χ3v) is 16.9. The minimum Gasteiger partial charge on any atom is -0.387 e. The van der Waals surface area contributed by atoms with Crippen LogP contribution >= 0.6 is 7.82 Å². The first-order chi connectivity index (χ1) is 37.5. The Bertz CT molecular complexity index is 1300. The number of aliphatic hydroxyl groups excluding tert-OH is 1. The summed E-state index contributed by atoms with van der Waals surface area (Å²) in [5.41, 5.74) is 0.